The SMILES string of the molecule is CCOC(CN(C(=O)Nc1ccc(OCC(F)(F)C(F)F)cc1)[C@H](C)[C@](O)(Cn1cncn1)c1ccc(F)cc1F)OCC. The zero-order valence-corrected chi connectivity index (χ0v) is 24.1. The third-order valence-corrected chi connectivity index (χ3v) is 6.59. The lowest BCUT2D eigenvalue weighted by atomic mass is 9.85. The molecular weight excluding hydrogens is 600 g/mol. The molecule has 0 aliphatic rings. The summed E-state index contributed by atoms with van der Waals surface area (Å²) < 4.78 is 97.4. The number of halogens is 6. The average Bonchev–Trinajstić information content (AvgIpc) is 3.48. The van der Waals surface area contributed by atoms with Crippen LogP contribution in [0.1, 0.15) is 26.3 Å². The van der Waals surface area contributed by atoms with Gasteiger partial charge in [-0.05, 0) is 51.1 Å². The Morgan fingerprint density at radius 2 is 1.75 bits per heavy atom. The molecule has 0 aliphatic heterocycles. The Morgan fingerprint density at radius 3 is 2.30 bits per heavy atom. The number of hydrogen-bond acceptors (Lipinski definition) is 7. The lowest BCUT2D eigenvalue weighted by Gasteiger charge is -2.42. The van der Waals surface area contributed by atoms with E-state index in [1.165, 1.54) is 48.5 Å². The minimum absolute atomic E-state index is 0.136. The number of amides is 2. The normalized spacial score (nSPS) is 14.0. The predicted molar refractivity (Wildman–Crippen MR) is 145 cm³/mol. The van der Waals surface area contributed by atoms with E-state index in [1.807, 2.05) is 0 Å². The Bertz CT molecular complexity index is 1330. The number of nitrogens with one attached hydrogen (secondary N) is 1. The third kappa shape index (κ3) is 8.83. The molecule has 2 atom stereocenters. The van der Waals surface area contributed by atoms with E-state index in [4.69, 9.17) is 14.2 Å². The monoisotopic (exact) mass is 633 g/mol. The van der Waals surface area contributed by atoms with Crippen LogP contribution in [0.15, 0.2) is 55.1 Å². The molecule has 0 fully saturated rings. The van der Waals surface area contributed by atoms with Gasteiger partial charge < -0.3 is 29.5 Å². The van der Waals surface area contributed by atoms with Gasteiger partial charge in [-0.15, -0.1) is 0 Å². The van der Waals surface area contributed by atoms with Crippen LogP contribution < -0.4 is 10.1 Å². The molecule has 10 nitrogen and oxygen atoms in total. The summed E-state index contributed by atoms with van der Waals surface area (Å²) in [6.45, 7) is 3.04. The van der Waals surface area contributed by atoms with Crippen LogP contribution in [-0.4, -0.2) is 81.8 Å². The van der Waals surface area contributed by atoms with Crippen molar-refractivity contribution in [2.45, 2.75) is 57.6 Å². The molecule has 3 aromatic rings. The van der Waals surface area contributed by atoms with Crippen molar-refractivity contribution in [3.05, 3.63) is 72.3 Å². The summed E-state index contributed by atoms with van der Waals surface area (Å²) in [6, 6.07) is 5.47. The van der Waals surface area contributed by atoms with E-state index in [0.717, 1.165) is 17.0 Å². The number of rotatable bonds is 16. The lowest BCUT2D eigenvalue weighted by molar-refractivity contribution is -0.153. The zero-order valence-electron chi connectivity index (χ0n) is 24.1. The fourth-order valence-corrected chi connectivity index (χ4v) is 4.28. The summed E-state index contributed by atoms with van der Waals surface area (Å²) in [5.41, 5.74) is -2.40. The van der Waals surface area contributed by atoms with Gasteiger partial charge in [-0.25, -0.2) is 32.0 Å². The van der Waals surface area contributed by atoms with Crippen molar-refractivity contribution in [3.8, 4) is 5.75 Å². The van der Waals surface area contributed by atoms with Crippen molar-refractivity contribution in [3.63, 3.8) is 0 Å². The number of carbonyl (C=O) groups is 1. The van der Waals surface area contributed by atoms with Crippen molar-refractivity contribution in [1.82, 2.24) is 19.7 Å². The lowest BCUT2D eigenvalue weighted by Crippen LogP contribution is -2.57. The van der Waals surface area contributed by atoms with Crippen molar-refractivity contribution < 1.29 is 50.5 Å². The van der Waals surface area contributed by atoms with Crippen molar-refractivity contribution in [2.24, 2.45) is 0 Å². The molecule has 16 heteroatoms. The molecule has 2 amide bonds. The maximum atomic E-state index is 15.2. The van der Waals surface area contributed by atoms with E-state index in [9.17, 15) is 31.9 Å². The van der Waals surface area contributed by atoms with Crippen LogP contribution in [0.2, 0.25) is 0 Å². The summed E-state index contributed by atoms with van der Waals surface area (Å²) in [7, 11) is 0. The summed E-state index contributed by atoms with van der Waals surface area (Å²) in [4.78, 5) is 18.7. The number of aromatic nitrogens is 3. The second-order valence-electron chi connectivity index (χ2n) is 9.61. The first-order chi connectivity index (χ1) is 20.8. The highest BCUT2D eigenvalue weighted by Gasteiger charge is 2.45. The first-order valence-electron chi connectivity index (χ1n) is 13.5. The number of nitrogens with zero attached hydrogens (tertiary/aromatic N) is 4. The molecule has 2 aromatic carbocycles. The Kier molecular flexibility index (Phi) is 12.0. The van der Waals surface area contributed by atoms with Crippen LogP contribution in [0.5, 0.6) is 5.75 Å². The quantitative estimate of drug-likeness (QED) is 0.168. The predicted octanol–water partition coefficient (Wildman–Crippen LogP) is 5.05. The number of aliphatic hydroxyl groups is 1. The van der Waals surface area contributed by atoms with Crippen LogP contribution in [0.3, 0.4) is 0 Å². The molecule has 44 heavy (non-hydrogen) atoms. The Hall–Kier alpha value is -3.89. The molecule has 0 bridgehead atoms. The van der Waals surface area contributed by atoms with Crippen molar-refractivity contribution >= 4 is 11.7 Å². The molecule has 1 heterocycles. The van der Waals surface area contributed by atoms with Gasteiger partial charge in [-0.3, -0.25) is 0 Å². The first-order valence-corrected chi connectivity index (χ1v) is 13.5. The molecular formula is C28H33F6N5O5. The number of carbonyl (C=O) groups excluding carboxylic acids is 1. The van der Waals surface area contributed by atoms with E-state index in [1.54, 1.807) is 13.8 Å². The van der Waals surface area contributed by atoms with E-state index < -0.39 is 61.1 Å². The maximum absolute atomic E-state index is 15.2. The molecule has 2 N–H and O–H groups in total. The molecule has 0 saturated carbocycles. The van der Waals surface area contributed by atoms with E-state index >= 15 is 4.39 Å². The maximum Gasteiger partial charge on any atom is 0.340 e. The number of anilines is 1. The van der Waals surface area contributed by atoms with E-state index in [0.29, 0.717) is 6.07 Å². The van der Waals surface area contributed by atoms with Gasteiger partial charge in [0.15, 0.2) is 12.9 Å². The van der Waals surface area contributed by atoms with Crippen molar-refractivity contribution in [2.75, 3.05) is 31.7 Å². The van der Waals surface area contributed by atoms with Crippen LogP contribution >= 0.6 is 0 Å². The van der Waals surface area contributed by atoms with Crippen LogP contribution in [-0.2, 0) is 21.6 Å². The second-order valence-corrected chi connectivity index (χ2v) is 9.61. The highest BCUT2D eigenvalue weighted by atomic mass is 19.3. The van der Waals surface area contributed by atoms with Gasteiger partial charge in [-0.1, -0.05) is 6.07 Å². The van der Waals surface area contributed by atoms with Gasteiger partial charge >= 0.3 is 18.4 Å². The summed E-state index contributed by atoms with van der Waals surface area (Å²) in [6.07, 6.45) is -2.41. The summed E-state index contributed by atoms with van der Waals surface area (Å²) >= 11 is 0. The molecule has 242 valence electrons. The standard InChI is InChI=1S/C28H33F6N5O5/c1-4-42-24(43-5-2)13-39(26(40)37-20-7-9-21(10-8-20)44-15-28(33,34)25(31)32)18(3)27(41,14-38-17-35-16-36-38)22-11-6-19(29)12-23(22)30/h6-12,16-18,24-25,41H,4-5,13-15H2,1-3H3,(H,37,40)/t18-,27-/m1/s1. The minimum atomic E-state index is -4.35. The third-order valence-electron chi connectivity index (χ3n) is 6.59. The summed E-state index contributed by atoms with van der Waals surface area (Å²) in [5, 5.41) is 18.6. The Morgan fingerprint density at radius 1 is 1.09 bits per heavy atom. The molecule has 0 aliphatic carbocycles. The fraction of sp³-hybridized carbons (Fsp3) is 0.464. The molecule has 0 saturated heterocycles. The van der Waals surface area contributed by atoms with Crippen LogP contribution in [0.25, 0.3) is 0 Å². The topological polar surface area (TPSA) is 111 Å². The first kappa shape index (κ1) is 34.6. The van der Waals surface area contributed by atoms with Gasteiger partial charge in [0.2, 0.25) is 0 Å². The molecule has 1 aromatic heterocycles. The number of urea groups is 1. The van der Waals surface area contributed by atoms with Crippen LogP contribution in [0.4, 0.5) is 36.8 Å². The molecule has 0 unspecified atom stereocenters. The smallest absolute Gasteiger partial charge is 0.340 e. The van der Waals surface area contributed by atoms with E-state index in [2.05, 4.69) is 15.4 Å². The van der Waals surface area contributed by atoms with Gasteiger partial charge in [0, 0.05) is 30.5 Å². The second kappa shape index (κ2) is 15.2. The number of alkyl halides is 4. The molecule has 0 spiro atoms. The zero-order chi connectivity index (χ0) is 32.5. The van der Waals surface area contributed by atoms with Crippen LogP contribution in [0, 0.1) is 11.6 Å². The number of ether oxygens (including phenoxy) is 3. The molecule has 3 rings (SSSR count). The largest absolute Gasteiger partial charge is 0.487 e. The molecule has 0 radical (unpaired) electrons. The van der Waals surface area contributed by atoms with E-state index in [-0.39, 0.29) is 36.8 Å². The fourth-order valence-electron chi connectivity index (χ4n) is 4.28. The number of benzene rings is 2. The van der Waals surface area contributed by atoms with Gasteiger partial charge in [-0.2, -0.15) is 13.9 Å². The van der Waals surface area contributed by atoms with Gasteiger partial charge in [0.25, 0.3) is 0 Å². The van der Waals surface area contributed by atoms with Crippen molar-refractivity contribution in [1.29, 1.82) is 0 Å². The summed E-state index contributed by atoms with van der Waals surface area (Å²) in [5.74, 6) is -6.46. The minimum Gasteiger partial charge on any atom is -0.487 e. The van der Waals surface area contributed by atoms with Gasteiger partial charge in [0.05, 0.1) is 19.1 Å². The highest BCUT2D eigenvalue weighted by Crippen LogP contribution is 2.34. The Balaban J connectivity index is 1.94. The Labute approximate surface area is 249 Å². The number of hydrogen-bond donors (Lipinski definition) is 2. The average molecular weight is 634 g/mol. The highest BCUT2D eigenvalue weighted by molar-refractivity contribution is 5.89. The van der Waals surface area contributed by atoms with Gasteiger partial charge in [0.1, 0.15) is 35.6 Å².